The molecular weight excluding hydrogens is 240 g/mol. The van der Waals surface area contributed by atoms with Gasteiger partial charge in [0.05, 0.1) is 6.04 Å². The maximum Gasteiger partial charge on any atom is 0.205 e. The summed E-state index contributed by atoms with van der Waals surface area (Å²) in [6.07, 6.45) is 0.938. The van der Waals surface area contributed by atoms with E-state index >= 15 is 0 Å². The molecule has 1 N–H and O–H groups in total. The molecule has 1 saturated heterocycles. The Morgan fingerprint density at radius 2 is 2.17 bits per heavy atom. The molecule has 0 saturated carbocycles. The molecule has 2 heterocycles. The van der Waals surface area contributed by atoms with Crippen molar-refractivity contribution < 1.29 is 8.78 Å². The molecule has 1 aromatic heterocycles. The molecule has 0 bridgehead atoms. The van der Waals surface area contributed by atoms with Gasteiger partial charge in [-0.15, -0.1) is 10.2 Å². The lowest BCUT2D eigenvalue weighted by Crippen LogP contribution is -2.15. The summed E-state index contributed by atoms with van der Waals surface area (Å²) < 4.78 is 25.9. The van der Waals surface area contributed by atoms with Crippen LogP contribution in [0.2, 0.25) is 0 Å². The van der Waals surface area contributed by atoms with E-state index in [0.717, 1.165) is 31.6 Å². The van der Waals surface area contributed by atoms with Crippen molar-refractivity contribution in [3.05, 3.63) is 29.8 Å². The van der Waals surface area contributed by atoms with Crippen LogP contribution in [-0.4, -0.2) is 33.3 Å². The van der Waals surface area contributed by atoms with Crippen LogP contribution in [0.4, 0.5) is 8.78 Å². The summed E-state index contributed by atoms with van der Waals surface area (Å²) in [6.45, 7) is 1.72. The van der Waals surface area contributed by atoms with Crippen molar-refractivity contribution in [1.82, 2.24) is 25.5 Å². The molecule has 1 fully saturated rings. The summed E-state index contributed by atoms with van der Waals surface area (Å²) in [5.41, 5.74) is 0.422. The zero-order valence-corrected chi connectivity index (χ0v) is 9.48. The van der Waals surface area contributed by atoms with Crippen LogP contribution in [0.15, 0.2) is 18.2 Å². The third-order valence-electron chi connectivity index (χ3n) is 2.97. The van der Waals surface area contributed by atoms with Crippen LogP contribution in [0.1, 0.15) is 12.5 Å². The monoisotopic (exact) mass is 251 g/mol. The minimum Gasteiger partial charge on any atom is -0.314 e. The molecule has 1 aliphatic rings. The van der Waals surface area contributed by atoms with Crippen molar-refractivity contribution in [2.75, 3.05) is 13.1 Å². The minimum atomic E-state index is -0.911. The summed E-state index contributed by atoms with van der Waals surface area (Å²) in [5, 5.41) is 15.2. The van der Waals surface area contributed by atoms with Crippen LogP contribution in [0.3, 0.4) is 0 Å². The van der Waals surface area contributed by atoms with Crippen LogP contribution < -0.4 is 5.32 Å². The highest BCUT2D eigenvalue weighted by molar-refractivity contribution is 5.53. The maximum atomic E-state index is 13.1. The van der Waals surface area contributed by atoms with Crippen LogP contribution >= 0.6 is 0 Å². The van der Waals surface area contributed by atoms with Crippen LogP contribution in [0.25, 0.3) is 11.4 Å². The van der Waals surface area contributed by atoms with Crippen LogP contribution in [0, 0.1) is 11.6 Å². The number of nitrogens with zero attached hydrogens (tertiary/aromatic N) is 4. The number of nitrogens with one attached hydrogen (secondary N) is 1. The Kier molecular flexibility index (Phi) is 2.75. The zero-order chi connectivity index (χ0) is 12.5. The highest BCUT2D eigenvalue weighted by atomic mass is 19.2. The predicted molar refractivity (Wildman–Crippen MR) is 59.7 cm³/mol. The molecule has 3 rings (SSSR count). The maximum absolute atomic E-state index is 13.1. The van der Waals surface area contributed by atoms with Gasteiger partial charge in [-0.25, -0.2) is 8.78 Å². The lowest BCUT2D eigenvalue weighted by Gasteiger charge is -2.04. The summed E-state index contributed by atoms with van der Waals surface area (Å²) in [6, 6.07) is 3.75. The Bertz CT molecular complexity index is 562. The zero-order valence-electron chi connectivity index (χ0n) is 9.48. The van der Waals surface area contributed by atoms with Gasteiger partial charge in [0.2, 0.25) is 5.82 Å². The van der Waals surface area contributed by atoms with E-state index < -0.39 is 11.6 Å². The predicted octanol–water partition coefficient (Wildman–Crippen LogP) is 1.15. The van der Waals surface area contributed by atoms with Gasteiger partial charge in [0.25, 0.3) is 0 Å². The van der Waals surface area contributed by atoms with E-state index in [2.05, 4.69) is 20.7 Å². The number of rotatable bonds is 2. The second-order valence-electron chi connectivity index (χ2n) is 4.21. The van der Waals surface area contributed by atoms with Crippen molar-refractivity contribution in [1.29, 1.82) is 0 Å². The topological polar surface area (TPSA) is 55.6 Å². The van der Waals surface area contributed by atoms with Gasteiger partial charge in [0, 0.05) is 12.1 Å². The fourth-order valence-electron chi connectivity index (χ4n) is 1.97. The molecule has 1 aromatic carbocycles. The Morgan fingerprint density at radius 3 is 2.89 bits per heavy atom. The first-order valence-corrected chi connectivity index (χ1v) is 5.70. The highest BCUT2D eigenvalue weighted by Gasteiger charge is 2.19. The van der Waals surface area contributed by atoms with Gasteiger partial charge in [-0.05, 0) is 36.4 Å². The lowest BCUT2D eigenvalue weighted by atomic mass is 10.2. The number of halogens is 2. The largest absolute Gasteiger partial charge is 0.314 e. The van der Waals surface area contributed by atoms with E-state index in [0.29, 0.717) is 11.4 Å². The average Bonchev–Trinajstić information content (AvgIpc) is 3.01. The smallest absolute Gasteiger partial charge is 0.205 e. The molecular formula is C11H11F2N5. The van der Waals surface area contributed by atoms with E-state index in [-0.39, 0.29) is 6.04 Å². The molecule has 18 heavy (non-hydrogen) atoms. The quantitative estimate of drug-likeness (QED) is 0.870. The molecule has 0 spiro atoms. The number of tetrazole rings is 1. The third kappa shape index (κ3) is 1.97. The second-order valence-corrected chi connectivity index (χ2v) is 4.21. The second kappa shape index (κ2) is 4.41. The van der Waals surface area contributed by atoms with Crippen molar-refractivity contribution in [3.63, 3.8) is 0 Å². The molecule has 0 radical (unpaired) electrons. The molecule has 2 aromatic rings. The molecule has 0 amide bonds. The van der Waals surface area contributed by atoms with Crippen molar-refractivity contribution in [2.24, 2.45) is 0 Å². The summed E-state index contributed by atoms with van der Waals surface area (Å²) in [4.78, 5) is 1.52. The summed E-state index contributed by atoms with van der Waals surface area (Å²) in [5.74, 6) is -1.49. The average molecular weight is 251 g/mol. The standard InChI is InChI=1S/C11H11F2N5/c12-9-2-1-7(5-10(9)13)11-15-17-18(16-11)8-3-4-14-6-8/h1-2,5,8,14H,3-4,6H2. The number of hydrogen-bond donors (Lipinski definition) is 1. The van der Waals surface area contributed by atoms with Gasteiger partial charge in [-0.3, -0.25) is 0 Å². The first kappa shape index (κ1) is 11.2. The van der Waals surface area contributed by atoms with Crippen molar-refractivity contribution in [3.8, 4) is 11.4 Å². The SMILES string of the molecule is Fc1ccc(-c2nnn(C3CCNC3)n2)cc1F. The summed E-state index contributed by atoms with van der Waals surface area (Å²) in [7, 11) is 0. The molecule has 5 nitrogen and oxygen atoms in total. The fraction of sp³-hybridized carbons (Fsp3) is 0.364. The van der Waals surface area contributed by atoms with E-state index in [1.54, 1.807) is 0 Å². The molecule has 1 atom stereocenters. The van der Waals surface area contributed by atoms with E-state index in [4.69, 9.17) is 0 Å². The Morgan fingerprint density at radius 1 is 1.28 bits per heavy atom. The number of hydrogen-bond acceptors (Lipinski definition) is 4. The van der Waals surface area contributed by atoms with Crippen molar-refractivity contribution >= 4 is 0 Å². The molecule has 1 unspecified atom stereocenters. The Hall–Kier alpha value is -1.89. The third-order valence-corrected chi connectivity index (χ3v) is 2.97. The van der Waals surface area contributed by atoms with E-state index in [1.807, 2.05) is 0 Å². The highest BCUT2D eigenvalue weighted by Crippen LogP contribution is 2.19. The normalized spacial score (nSPS) is 19.3. The van der Waals surface area contributed by atoms with Gasteiger partial charge in [0.1, 0.15) is 0 Å². The van der Waals surface area contributed by atoms with Gasteiger partial charge in [0.15, 0.2) is 11.6 Å². The van der Waals surface area contributed by atoms with Gasteiger partial charge >= 0.3 is 0 Å². The molecule has 0 aliphatic carbocycles. The first-order valence-electron chi connectivity index (χ1n) is 5.70. The first-order chi connectivity index (χ1) is 8.74. The minimum absolute atomic E-state index is 0.177. The van der Waals surface area contributed by atoms with Crippen LogP contribution in [0.5, 0.6) is 0 Å². The molecule has 7 heteroatoms. The molecule has 94 valence electrons. The number of benzene rings is 1. The lowest BCUT2D eigenvalue weighted by molar-refractivity contribution is 0.424. The fourth-order valence-corrected chi connectivity index (χ4v) is 1.97. The van der Waals surface area contributed by atoms with Gasteiger partial charge in [-0.1, -0.05) is 0 Å². The number of aromatic nitrogens is 4. The van der Waals surface area contributed by atoms with Crippen molar-refractivity contribution in [2.45, 2.75) is 12.5 Å². The Labute approximate surface area is 102 Å². The van der Waals surface area contributed by atoms with Gasteiger partial charge < -0.3 is 5.32 Å². The van der Waals surface area contributed by atoms with Crippen LogP contribution in [-0.2, 0) is 0 Å². The van der Waals surface area contributed by atoms with Gasteiger partial charge in [-0.2, -0.15) is 4.80 Å². The van der Waals surface area contributed by atoms with E-state index in [1.165, 1.54) is 10.9 Å². The summed E-state index contributed by atoms with van der Waals surface area (Å²) >= 11 is 0. The molecule has 1 aliphatic heterocycles. The van der Waals surface area contributed by atoms with E-state index in [9.17, 15) is 8.78 Å². The Balaban J connectivity index is 1.89.